The number of urea groups is 1. The van der Waals surface area contributed by atoms with Crippen LogP contribution in [0.1, 0.15) is 26.2 Å². The molecule has 26 heavy (non-hydrogen) atoms. The predicted octanol–water partition coefficient (Wildman–Crippen LogP) is 3.03. The number of amides is 2. The van der Waals surface area contributed by atoms with Crippen molar-refractivity contribution in [3.8, 4) is 11.3 Å². The van der Waals surface area contributed by atoms with Crippen LogP contribution in [0.15, 0.2) is 29.9 Å². The summed E-state index contributed by atoms with van der Waals surface area (Å²) in [5.74, 6) is 0.193. The van der Waals surface area contributed by atoms with Gasteiger partial charge in [0.05, 0.1) is 17.2 Å². The van der Waals surface area contributed by atoms with Crippen LogP contribution in [0.5, 0.6) is 0 Å². The molecular formula is C17H22N4O3S2. The molecule has 1 atom stereocenters. The Kier molecular flexibility index (Phi) is 5.87. The molecule has 3 heterocycles. The van der Waals surface area contributed by atoms with Crippen LogP contribution >= 0.6 is 11.3 Å². The van der Waals surface area contributed by atoms with E-state index in [2.05, 4.69) is 15.3 Å². The molecule has 1 N–H and O–H groups in total. The van der Waals surface area contributed by atoms with Gasteiger partial charge in [0, 0.05) is 35.9 Å². The minimum atomic E-state index is -3.05. The van der Waals surface area contributed by atoms with Gasteiger partial charge in [-0.15, -0.1) is 11.3 Å². The maximum absolute atomic E-state index is 12.7. The number of unbranched alkanes of at least 4 members (excludes halogenated alkanes) is 1. The van der Waals surface area contributed by atoms with Crippen LogP contribution in [-0.4, -0.2) is 53.4 Å². The highest BCUT2D eigenvalue weighted by atomic mass is 32.2. The van der Waals surface area contributed by atoms with Gasteiger partial charge in [-0.25, -0.2) is 18.2 Å². The summed E-state index contributed by atoms with van der Waals surface area (Å²) in [4.78, 5) is 22.9. The van der Waals surface area contributed by atoms with Crippen molar-refractivity contribution < 1.29 is 13.2 Å². The highest BCUT2D eigenvalue weighted by Crippen LogP contribution is 2.25. The molecule has 0 spiro atoms. The standard InChI is InChI=1S/C17H22N4O3S2/c1-2-3-8-21(14-6-9-26(23,24)12-14)17(22)20-16-19-15(11-25-16)13-5-4-7-18-10-13/h4-5,7,10-11,14H,2-3,6,8-9,12H2,1H3,(H,19,20,22). The van der Waals surface area contributed by atoms with Gasteiger partial charge in [0.25, 0.3) is 0 Å². The van der Waals surface area contributed by atoms with Gasteiger partial charge in [0.1, 0.15) is 0 Å². The second-order valence-electron chi connectivity index (χ2n) is 6.31. The lowest BCUT2D eigenvalue weighted by Gasteiger charge is -2.27. The van der Waals surface area contributed by atoms with Crippen LogP contribution in [0.3, 0.4) is 0 Å². The zero-order valence-corrected chi connectivity index (χ0v) is 16.2. The molecule has 0 saturated carbocycles. The van der Waals surface area contributed by atoms with Crippen LogP contribution < -0.4 is 5.32 Å². The molecule has 0 bridgehead atoms. The largest absolute Gasteiger partial charge is 0.323 e. The van der Waals surface area contributed by atoms with E-state index in [1.165, 1.54) is 11.3 Å². The van der Waals surface area contributed by atoms with Gasteiger partial charge < -0.3 is 4.90 Å². The van der Waals surface area contributed by atoms with Gasteiger partial charge in [-0.05, 0) is 25.0 Å². The molecule has 1 unspecified atom stereocenters. The third-order valence-corrected chi connectivity index (χ3v) is 6.85. The van der Waals surface area contributed by atoms with E-state index in [4.69, 9.17) is 0 Å². The first-order valence-corrected chi connectivity index (χ1v) is 11.3. The lowest BCUT2D eigenvalue weighted by molar-refractivity contribution is 0.192. The summed E-state index contributed by atoms with van der Waals surface area (Å²) in [6.45, 7) is 2.59. The van der Waals surface area contributed by atoms with Crippen LogP contribution in [0.2, 0.25) is 0 Å². The van der Waals surface area contributed by atoms with E-state index >= 15 is 0 Å². The molecule has 1 aliphatic rings. The first-order chi connectivity index (χ1) is 12.5. The maximum atomic E-state index is 12.7. The molecular weight excluding hydrogens is 372 g/mol. The Morgan fingerprint density at radius 3 is 2.96 bits per heavy atom. The number of thiazole rings is 1. The first-order valence-electron chi connectivity index (χ1n) is 8.62. The Bertz CT molecular complexity index is 852. The lowest BCUT2D eigenvalue weighted by atomic mass is 10.2. The molecule has 7 nitrogen and oxygen atoms in total. The van der Waals surface area contributed by atoms with Gasteiger partial charge in [0.2, 0.25) is 0 Å². The van der Waals surface area contributed by atoms with Crippen LogP contribution in [0, 0.1) is 0 Å². The Morgan fingerprint density at radius 2 is 2.31 bits per heavy atom. The average molecular weight is 395 g/mol. The molecule has 2 amide bonds. The molecule has 3 rings (SSSR count). The molecule has 2 aromatic heterocycles. The number of anilines is 1. The Morgan fingerprint density at radius 1 is 1.46 bits per heavy atom. The molecule has 0 aromatic carbocycles. The Balaban J connectivity index is 1.70. The number of nitrogens with zero attached hydrogens (tertiary/aromatic N) is 3. The quantitative estimate of drug-likeness (QED) is 0.813. The highest BCUT2D eigenvalue weighted by Gasteiger charge is 2.34. The van der Waals surface area contributed by atoms with Crippen LogP contribution in [0.4, 0.5) is 9.93 Å². The molecule has 1 fully saturated rings. The molecule has 1 saturated heterocycles. The molecule has 2 aromatic rings. The number of nitrogens with one attached hydrogen (secondary N) is 1. The minimum Gasteiger partial charge on any atom is -0.320 e. The van der Waals surface area contributed by atoms with Crippen molar-refractivity contribution in [1.82, 2.24) is 14.9 Å². The van der Waals surface area contributed by atoms with Gasteiger partial charge in [0.15, 0.2) is 15.0 Å². The fraction of sp³-hybridized carbons (Fsp3) is 0.471. The molecule has 0 aliphatic carbocycles. The summed E-state index contributed by atoms with van der Waals surface area (Å²) >= 11 is 1.34. The maximum Gasteiger partial charge on any atom is 0.323 e. The van der Waals surface area contributed by atoms with Crippen molar-refractivity contribution in [2.75, 3.05) is 23.4 Å². The second-order valence-corrected chi connectivity index (χ2v) is 9.40. The normalized spacial score (nSPS) is 18.6. The number of sulfone groups is 1. The third-order valence-electron chi connectivity index (χ3n) is 4.34. The van der Waals surface area contributed by atoms with E-state index in [1.807, 2.05) is 24.4 Å². The van der Waals surface area contributed by atoms with E-state index in [0.29, 0.717) is 18.1 Å². The van der Waals surface area contributed by atoms with E-state index in [9.17, 15) is 13.2 Å². The monoisotopic (exact) mass is 394 g/mol. The van der Waals surface area contributed by atoms with Gasteiger partial charge in [-0.3, -0.25) is 10.3 Å². The summed E-state index contributed by atoms with van der Waals surface area (Å²) in [5.41, 5.74) is 1.64. The summed E-state index contributed by atoms with van der Waals surface area (Å²) in [6.07, 6.45) is 5.68. The fourth-order valence-corrected chi connectivity index (χ4v) is 5.38. The number of hydrogen-bond acceptors (Lipinski definition) is 6. The fourth-order valence-electron chi connectivity index (χ4n) is 2.94. The third kappa shape index (κ3) is 4.59. The van der Waals surface area contributed by atoms with Crippen molar-refractivity contribution in [1.29, 1.82) is 0 Å². The minimum absolute atomic E-state index is 0.0446. The van der Waals surface area contributed by atoms with Crippen molar-refractivity contribution in [2.24, 2.45) is 0 Å². The predicted molar refractivity (Wildman–Crippen MR) is 103 cm³/mol. The zero-order chi connectivity index (χ0) is 18.6. The molecule has 1 aliphatic heterocycles. The van der Waals surface area contributed by atoms with Crippen molar-refractivity contribution in [2.45, 2.75) is 32.2 Å². The number of hydrogen-bond donors (Lipinski definition) is 1. The Hall–Kier alpha value is -2.00. The number of rotatable bonds is 6. The number of carbonyl (C=O) groups excluding carboxylic acids is 1. The van der Waals surface area contributed by atoms with Crippen LogP contribution in [-0.2, 0) is 9.84 Å². The SMILES string of the molecule is CCCCN(C(=O)Nc1nc(-c2cccnc2)cs1)C1CCS(=O)(=O)C1. The molecule has 9 heteroatoms. The van der Waals surface area contributed by atoms with Crippen molar-refractivity contribution in [3.63, 3.8) is 0 Å². The lowest BCUT2D eigenvalue weighted by Crippen LogP contribution is -2.44. The van der Waals surface area contributed by atoms with Crippen LogP contribution in [0.25, 0.3) is 11.3 Å². The van der Waals surface area contributed by atoms with Gasteiger partial charge in [-0.2, -0.15) is 0 Å². The molecule has 0 radical (unpaired) electrons. The first kappa shape index (κ1) is 18.8. The van der Waals surface area contributed by atoms with Crippen molar-refractivity contribution >= 4 is 32.3 Å². The van der Waals surface area contributed by atoms with E-state index in [0.717, 1.165) is 24.1 Å². The number of carbonyl (C=O) groups is 1. The highest BCUT2D eigenvalue weighted by molar-refractivity contribution is 7.91. The van der Waals surface area contributed by atoms with E-state index < -0.39 is 9.84 Å². The second kappa shape index (κ2) is 8.13. The van der Waals surface area contributed by atoms with Gasteiger partial charge in [-0.1, -0.05) is 13.3 Å². The number of aromatic nitrogens is 2. The van der Waals surface area contributed by atoms with E-state index in [-0.39, 0.29) is 23.6 Å². The van der Waals surface area contributed by atoms with Gasteiger partial charge >= 0.3 is 6.03 Å². The topological polar surface area (TPSA) is 92.3 Å². The smallest absolute Gasteiger partial charge is 0.320 e. The molecule has 140 valence electrons. The van der Waals surface area contributed by atoms with E-state index in [1.54, 1.807) is 17.3 Å². The number of pyridine rings is 1. The summed E-state index contributed by atoms with van der Waals surface area (Å²) < 4.78 is 23.6. The summed E-state index contributed by atoms with van der Waals surface area (Å²) in [7, 11) is -3.05. The Labute approximate surface area is 157 Å². The summed E-state index contributed by atoms with van der Waals surface area (Å²) in [6, 6.07) is 3.20. The zero-order valence-electron chi connectivity index (χ0n) is 14.6. The van der Waals surface area contributed by atoms with Crippen molar-refractivity contribution in [3.05, 3.63) is 29.9 Å². The summed E-state index contributed by atoms with van der Waals surface area (Å²) in [5, 5.41) is 5.19. The average Bonchev–Trinajstić information content (AvgIpc) is 3.22.